The minimum absolute atomic E-state index is 0.115. The van der Waals surface area contributed by atoms with E-state index in [4.69, 9.17) is 18.9 Å². The summed E-state index contributed by atoms with van der Waals surface area (Å²) in [6, 6.07) is -1.24. The number of hydrogen-bond acceptors (Lipinski definition) is 19. The Hall–Kier alpha value is -4.01. The van der Waals surface area contributed by atoms with Gasteiger partial charge in [-0.05, 0) is 40.2 Å². The predicted octanol–water partition coefficient (Wildman–Crippen LogP) is -0.545. The van der Waals surface area contributed by atoms with Gasteiger partial charge in [0.1, 0.15) is 18.3 Å². The van der Waals surface area contributed by atoms with Gasteiger partial charge < -0.3 is 90.7 Å². The van der Waals surface area contributed by atoms with Crippen LogP contribution < -0.4 is 10.6 Å². The van der Waals surface area contributed by atoms with E-state index in [-0.39, 0.29) is 44.7 Å². The van der Waals surface area contributed by atoms with Gasteiger partial charge in [0, 0.05) is 51.1 Å². The summed E-state index contributed by atoms with van der Waals surface area (Å²) >= 11 is 0. The Morgan fingerprint density at radius 3 is 1.91 bits per heavy atom. The van der Waals surface area contributed by atoms with Crippen LogP contribution in [-0.4, -0.2) is 210 Å². The fraction of sp³-hybridized carbons (Fsp3) is 0.679. The number of carbonyl (C=O) groups excluding carboxylic acids is 3. The van der Waals surface area contributed by atoms with Gasteiger partial charge in [-0.1, -0.05) is 98.9 Å². The van der Waals surface area contributed by atoms with Gasteiger partial charge in [-0.25, -0.2) is 0 Å². The van der Waals surface area contributed by atoms with Crippen molar-refractivity contribution in [1.29, 1.82) is 0 Å². The minimum atomic E-state index is -2.34. The van der Waals surface area contributed by atoms with E-state index in [0.29, 0.717) is 0 Å². The maximum absolute atomic E-state index is 13.9. The molecule has 0 aliphatic carbocycles. The highest BCUT2D eigenvalue weighted by Gasteiger charge is 2.51. The molecule has 0 aromatic carbocycles. The number of nitrogens with one attached hydrogen (secondary N) is 2. The summed E-state index contributed by atoms with van der Waals surface area (Å²) in [5, 5.41) is 126. The Morgan fingerprint density at radius 1 is 0.716 bits per heavy atom. The SMILES string of the molecule is CNCC(=O)N[C@@H]1[C@H](O)[C@H](O[C@H]2/C=C/C=C\C=C/C=C\C=C/C=C\C=C/[C@H](C)[C@@H](O)[C@@H](C)[C@H](C)OC(=O)C[C@H](O)C[C@H](O)CC[C@@H](O)[C@H](O)C[C@H](O)C[C@]3(O)C[C@H](O)[C@@H](C(=O)N(C)CCO)[C@H](C2)O3)O[C@H](C)[C@H]1O. The number of carbonyl (C=O) groups is 3. The van der Waals surface area contributed by atoms with Crippen molar-refractivity contribution in [2.75, 3.05) is 33.8 Å². The Labute approximate surface area is 434 Å². The highest BCUT2D eigenvalue weighted by molar-refractivity contribution is 5.80. The van der Waals surface area contributed by atoms with E-state index >= 15 is 0 Å². The van der Waals surface area contributed by atoms with E-state index in [1.54, 1.807) is 93.8 Å². The first-order valence-corrected chi connectivity index (χ1v) is 25.5. The van der Waals surface area contributed by atoms with Crippen molar-refractivity contribution >= 4 is 17.8 Å². The molecule has 3 aliphatic heterocycles. The lowest BCUT2D eigenvalue weighted by Gasteiger charge is -2.46. The van der Waals surface area contributed by atoms with Gasteiger partial charge in [-0.3, -0.25) is 14.4 Å². The summed E-state index contributed by atoms with van der Waals surface area (Å²) in [6.07, 6.45) is 3.08. The van der Waals surface area contributed by atoms with Crippen LogP contribution in [0, 0.1) is 17.8 Å². The second-order valence-corrected chi connectivity index (χ2v) is 19.8. The van der Waals surface area contributed by atoms with Crippen LogP contribution in [0.2, 0.25) is 0 Å². The smallest absolute Gasteiger partial charge is 0.308 e. The molecule has 21 heteroatoms. The molecular formula is C53H85N3O18. The Balaban J connectivity index is 1.98. The van der Waals surface area contributed by atoms with E-state index in [2.05, 4.69) is 10.6 Å². The Morgan fingerprint density at radius 2 is 1.31 bits per heavy atom. The molecule has 420 valence electrons. The van der Waals surface area contributed by atoms with Gasteiger partial charge in [0.2, 0.25) is 11.8 Å². The number of fused-ring (bicyclic) bond motifs is 2. The third-order valence-corrected chi connectivity index (χ3v) is 13.4. The summed E-state index contributed by atoms with van der Waals surface area (Å²) in [5.74, 6) is -6.39. The summed E-state index contributed by atoms with van der Waals surface area (Å²) in [7, 11) is 2.96. The number of likely N-dealkylation sites (N-methyl/N-ethyl adjacent to an activating group) is 2. The van der Waals surface area contributed by atoms with Crippen LogP contribution in [0.4, 0.5) is 0 Å². The molecule has 2 saturated heterocycles. The lowest BCUT2D eigenvalue weighted by atomic mass is 9.81. The zero-order valence-electron chi connectivity index (χ0n) is 43.5. The summed E-state index contributed by atoms with van der Waals surface area (Å²) in [6.45, 7) is 6.09. The lowest BCUT2D eigenvalue weighted by Crippen LogP contribution is -2.64. The Bertz CT molecular complexity index is 1910. The molecule has 0 aromatic heterocycles. The van der Waals surface area contributed by atoms with Gasteiger partial charge in [0.05, 0.1) is 92.6 Å². The van der Waals surface area contributed by atoms with Crippen molar-refractivity contribution in [2.45, 2.75) is 177 Å². The molecular weight excluding hydrogens is 967 g/mol. The molecule has 19 atom stereocenters. The number of aliphatic hydroxyl groups excluding tert-OH is 10. The van der Waals surface area contributed by atoms with Crippen molar-refractivity contribution in [3.63, 3.8) is 0 Å². The molecule has 21 nitrogen and oxygen atoms in total. The summed E-state index contributed by atoms with van der Waals surface area (Å²) < 4.78 is 23.9. The molecule has 2 bridgehead atoms. The molecule has 0 saturated carbocycles. The highest BCUT2D eigenvalue weighted by Crippen LogP contribution is 2.39. The maximum atomic E-state index is 13.9. The Kier molecular flexibility index (Phi) is 28.3. The monoisotopic (exact) mass is 1050 g/mol. The van der Waals surface area contributed by atoms with Crippen LogP contribution in [-0.2, 0) is 33.3 Å². The van der Waals surface area contributed by atoms with Gasteiger partial charge in [-0.2, -0.15) is 0 Å². The van der Waals surface area contributed by atoms with Gasteiger partial charge in [-0.15, -0.1) is 0 Å². The number of amides is 2. The van der Waals surface area contributed by atoms with Crippen molar-refractivity contribution < 1.29 is 89.5 Å². The highest BCUT2D eigenvalue weighted by atomic mass is 16.7. The van der Waals surface area contributed by atoms with E-state index in [0.717, 1.165) is 0 Å². The van der Waals surface area contributed by atoms with Crippen LogP contribution in [0.5, 0.6) is 0 Å². The van der Waals surface area contributed by atoms with Crippen molar-refractivity contribution in [2.24, 2.45) is 17.8 Å². The average Bonchev–Trinajstić information content (AvgIpc) is 3.32. The quantitative estimate of drug-likeness (QED) is 0.136. The number of rotatable bonds is 8. The first-order valence-electron chi connectivity index (χ1n) is 25.5. The van der Waals surface area contributed by atoms with Crippen molar-refractivity contribution in [3.05, 3.63) is 85.1 Å². The maximum Gasteiger partial charge on any atom is 0.308 e. The molecule has 3 heterocycles. The number of aliphatic hydroxyl groups is 11. The largest absolute Gasteiger partial charge is 0.462 e. The van der Waals surface area contributed by atoms with Crippen LogP contribution in [0.3, 0.4) is 0 Å². The third-order valence-electron chi connectivity index (χ3n) is 13.4. The fourth-order valence-electron chi connectivity index (χ4n) is 9.02. The average molecular weight is 1050 g/mol. The molecule has 74 heavy (non-hydrogen) atoms. The number of cyclic esters (lactones) is 1. The van der Waals surface area contributed by atoms with Gasteiger partial charge in [0.25, 0.3) is 0 Å². The van der Waals surface area contributed by atoms with E-state index in [9.17, 15) is 70.6 Å². The summed E-state index contributed by atoms with van der Waals surface area (Å²) in [4.78, 5) is 40.4. The lowest BCUT2D eigenvalue weighted by molar-refractivity contribution is -0.308. The molecule has 3 rings (SSSR count). The third kappa shape index (κ3) is 21.5. The molecule has 2 fully saturated rings. The number of esters is 1. The number of nitrogens with zero attached hydrogens (tertiary/aromatic N) is 1. The zero-order valence-corrected chi connectivity index (χ0v) is 43.5. The first kappa shape index (κ1) is 64.3. The standard InChI is InChI=1S/C53H85N3O18/c1-32-19-17-15-13-11-9-7-8-10-12-14-16-18-20-39(73-52-50(68)47(49(67)35(4)72-52)55-44(64)31-54-5)28-43-46(51(69)56(6)23-24-57)42(63)30-53(70,74-43)29-38(60)26-41(62)40(61)22-21-36(58)25-37(59)27-45(65)71-34(3)33(2)48(32)66/h7-20,32-43,46-50,52,54,57-63,66-68,70H,21-31H2,1-6H3,(H,55,64)/b8-7-,11-9-,12-10-,15-13-,16-14-,19-17-,20-18+/t32-,33-,34-,35+,36+,37+,38-,39-,40+,41+,42-,43-,46+,47-,48+,49+,50-,52-,53+/m0/s1. The molecule has 0 unspecified atom stereocenters. The molecule has 0 spiro atoms. The van der Waals surface area contributed by atoms with Gasteiger partial charge >= 0.3 is 5.97 Å². The predicted molar refractivity (Wildman–Crippen MR) is 272 cm³/mol. The second kappa shape index (κ2) is 32.5. The van der Waals surface area contributed by atoms with Crippen LogP contribution >= 0.6 is 0 Å². The second-order valence-electron chi connectivity index (χ2n) is 19.8. The van der Waals surface area contributed by atoms with Crippen molar-refractivity contribution in [3.8, 4) is 0 Å². The van der Waals surface area contributed by atoms with E-state index in [1.807, 2.05) is 19.1 Å². The topological polar surface area (TPSA) is 338 Å². The molecule has 2 amide bonds. The molecule has 0 radical (unpaired) electrons. The fourth-order valence-corrected chi connectivity index (χ4v) is 9.02. The zero-order chi connectivity index (χ0) is 55.1. The number of hydrogen-bond donors (Lipinski definition) is 13. The minimum Gasteiger partial charge on any atom is -0.462 e. The number of ether oxygens (including phenoxy) is 4. The summed E-state index contributed by atoms with van der Waals surface area (Å²) in [5.41, 5.74) is 0. The van der Waals surface area contributed by atoms with Crippen LogP contribution in [0.1, 0.15) is 79.1 Å². The van der Waals surface area contributed by atoms with E-state index in [1.165, 1.54) is 18.9 Å². The van der Waals surface area contributed by atoms with Crippen molar-refractivity contribution in [1.82, 2.24) is 15.5 Å². The molecule has 13 N–H and O–H groups in total. The first-order chi connectivity index (χ1) is 35.0. The van der Waals surface area contributed by atoms with Crippen LogP contribution in [0.25, 0.3) is 0 Å². The normalized spacial score (nSPS) is 41.3. The van der Waals surface area contributed by atoms with Gasteiger partial charge in [0.15, 0.2) is 12.1 Å². The molecule has 3 aliphatic rings. The van der Waals surface area contributed by atoms with Crippen LogP contribution in [0.15, 0.2) is 85.1 Å². The molecule has 0 aromatic rings. The number of allylic oxidation sites excluding steroid dienone is 12. The van der Waals surface area contributed by atoms with E-state index < -0.39 is 159 Å².